The van der Waals surface area contributed by atoms with E-state index in [0.717, 1.165) is 30.2 Å². The van der Waals surface area contributed by atoms with Gasteiger partial charge in [0.05, 0.1) is 5.92 Å². The zero-order valence-electron chi connectivity index (χ0n) is 10.4. The van der Waals surface area contributed by atoms with E-state index < -0.39 is 5.97 Å². The van der Waals surface area contributed by atoms with Crippen LogP contribution < -0.4 is 5.32 Å². The number of nitrogens with zero attached hydrogens (tertiary/aromatic N) is 2. The summed E-state index contributed by atoms with van der Waals surface area (Å²) in [5.41, 5.74) is 0. The second kappa shape index (κ2) is 6.54. The first-order chi connectivity index (χ1) is 7.99. The van der Waals surface area contributed by atoms with Crippen molar-refractivity contribution in [3.8, 4) is 0 Å². The van der Waals surface area contributed by atoms with Crippen LogP contribution >= 0.6 is 11.5 Å². The molecule has 17 heavy (non-hydrogen) atoms. The maximum atomic E-state index is 10.6. The van der Waals surface area contributed by atoms with Gasteiger partial charge < -0.3 is 10.4 Å². The number of rotatable bonds is 7. The second-order valence-electron chi connectivity index (χ2n) is 4.36. The summed E-state index contributed by atoms with van der Waals surface area (Å²) in [5, 5.41) is 12.9. The summed E-state index contributed by atoms with van der Waals surface area (Å²) in [6.45, 7) is 5.68. The van der Waals surface area contributed by atoms with Gasteiger partial charge in [0, 0.05) is 17.6 Å². The van der Waals surface area contributed by atoms with Gasteiger partial charge in [-0.1, -0.05) is 13.3 Å². The largest absolute Gasteiger partial charge is 0.481 e. The molecule has 0 saturated heterocycles. The first-order valence-corrected chi connectivity index (χ1v) is 6.56. The fourth-order valence-corrected chi connectivity index (χ4v) is 2.18. The molecule has 96 valence electrons. The Morgan fingerprint density at radius 1 is 1.47 bits per heavy atom. The van der Waals surface area contributed by atoms with E-state index in [2.05, 4.69) is 21.6 Å². The molecule has 0 saturated carbocycles. The van der Waals surface area contributed by atoms with Crippen LogP contribution in [-0.2, 0) is 4.79 Å². The van der Waals surface area contributed by atoms with Crippen molar-refractivity contribution in [1.29, 1.82) is 0 Å². The molecule has 1 aromatic rings. The summed E-state index contributed by atoms with van der Waals surface area (Å²) >= 11 is 1.36. The molecule has 5 nitrogen and oxygen atoms in total. The standard InChI is InChI=1S/C11H19N3O2S/c1-7(10(15)16)5-4-6-8(2)12-11-13-9(3)14-17-11/h7-8H,4-6H2,1-3H3,(H,15,16)(H,12,13,14). The van der Waals surface area contributed by atoms with Gasteiger partial charge in [-0.3, -0.25) is 4.79 Å². The molecule has 6 heteroatoms. The molecule has 2 unspecified atom stereocenters. The molecule has 0 radical (unpaired) electrons. The molecule has 1 heterocycles. The van der Waals surface area contributed by atoms with Crippen molar-refractivity contribution < 1.29 is 9.90 Å². The van der Waals surface area contributed by atoms with E-state index in [1.165, 1.54) is 11.5 Å². The lowest BCUT2D eigenvalue weighted by molar-refractivity contribution is -0.141. The van der Waals surface area contributed by atoms with E-state index in [-0.39, 0.29) is 5.92 Å². The van der Waals surface area contributed by atoms with E-state index in [9.17, 15) is 4.79 Å². The van der Waals surface area contributed by atoms with Crippen LogP contribution in [0.1, 0.15) is 38.9 Å². The fraction of sp³-hybridized carbons (Fsp3) is 0.727. The minimum absolute atomic E-state index is 0.258. The minimum Gasteiger partial charge on any atom is -0.481 e. The summed E-state index contributed by atoms with van der Waals surface area (Å²) in [6, 6.07) is 0.295. The first-order valence-electron chi connectivity index (χ1n) is 5.78. The molecule has 0 amide bonds. The Morgan fingerprint density at radius 2 is 2.18 bits per heavy atom. The Balaban J connectivity index is 2.21. The number of hydrogen-bond acceptors (Lipinski definition) is 5. The first kappa shape index (κ1) is 13.9. The summed E-state index contributed by atoms with van der Waals surface area (Å²) in [7, 11) is 0. The van der Waals surface area contributed by atoms with Crippen LogP contribution in [0.25, 0.3) is 0 Å². The van der Waals surface area contributed by atoms with Crippen LogP contribution in [0, 0.1) is 12.8 Å². The number of aryl methyl sites for hydroxylation is 1. The molecule has 0 aromatic carbocycles. The summed E-state index contributed by atoms with van der Waals surface area (Å²) < 4.78 is 4.09. The highest BCUT2D eigenvalue weighted by molar-refractivity contribution is 7.09. The number of anilines is 1. The summed E-state index contributed by atoms with van der Waals surface area (Å²) in [4.78, 5) is 14.9. The molecule has 0 spiro atoms. The number of aromatic nitrogens is 2. The second-order valence-corrected chi connectivity index (χ2v) is 5.11. The number of nitrogens with one attached hydrogen (secondary N) is 1. The molecule has 0 aliphatic carbocycles. The molecule has 0 bridgehead atoms. The molecule has 0 aliphatic heterocycles. The smallest absolute Gasteiger partial charge is 0.306 e. The molecule has 1 aromatic heterocycles. The molecule has 0 aliphatic rings. The van der Waals surface area contributed by atoms with Gasteiger partial charge >= 0.3 is 5.97 Å². The van der Waals surface area contributed by atoms with Gasteiger partial charge in [0.25, 0.3) is 0 Å². The van der Waals surface area contributed by atoms with Crippen LogP contribution in [0.15, 0.2) is 0 Å². The van der Waals surface area contributed by atoms with Crippen molar-refractivity contribution in [2.24, 2.45) is 5.92 Å². The highest BCUT2D eigenvalue weighted by Gasteiger charge is 2.11. The molecule has 1 rings (SSSR count). The third-order valence-electron chi connectivity index (χ3n) is 2.59. The highest BCUT2D eigenvalue weighted by atomic mass is 32.1. The minimum atomic E-state index is -0.717. The lowest BCUT2D eigenvalue weighted by atomic mass is 10.0. The van der Waals surface area contributed by atoms with Gasteiger partial charge in [0.1, 0.15) is 5.82 Å². The molecule has 2 atom stereocenters. The maximum absolute atomic E-state index is 10.6. The molecule has 2 N–H and O–H groups in total. The Bertz CT molecular complexity index is 367. The maximum Gasteiger partial charge on any atom is 0.306 e. The highest BCUT2D eigenvalue weighted by Crippen LogP contribution is 2.15. The van der Waals surface area contributed by atoms with E-state index in [1.54, 1.807) is 6.92 Å². The predicted molar refractivity (Wildman–Crippen MR) is 68.4 cm³/mol. The van der Waals surface area contributed by atoms with Crippen molar-refractivity contribution >= 4 is 22.6 Å². The SMILES string of the molecule is Cc1nsc(NC(C)CCCC(C)C(=O)O)n1. The van der Waals surface area contributed by atoms with Crippen molar-refractivity contribution in [3.63, 3.8) is 0 Å². The van der Waals surface area contributed by atoms with Gasteiger partial charge in [0.2, 0.25) is 5.13 Å². The average molecular weight is 257 g/mol. The van der Waals surface area contributed by atoms with Gasteiger partial charge in [-0.2, -0.15) is 4.37 Å². The lowest BCUT2D eigenvalue weighted by Crippen LogP contribution is -2.16. The van der Waals surface area contributed by atoms with Crippen LogP contribution in [-0.4, -0.2) is 26.5 Å². The number of carboxylic acids is 1. The average Bonchev–Trinajstić information content (AvgIpc) is 2.63. The molecular weight excluding hydrogens is 238 g/mol. The fourth-order valence-electron chi connectivity index (χ4n) is 1.49. The van der Waals surface area contributed by atoms with Crippen LogP contribution in [0.4, 0.5) is 5.13 Å². The van der Waals surface area contributed by atoms with Crippen LogP contribution in [0.3, 0.4) is 0 Å². The van der Waals surface area contributed by atoms with Crippen LogP contribution in [0.2, 0.25) is 0 Å². The number of carboxylic acid groups (broad SMARTS) is 1. The monoisotopic (exact) mass is 257 g/mol. The van der Waals surface area contributed by atoms with E-state index >= 15 is 0 Å². The topological polar surface area (TPSA) is 75.1 Å². The Labute approximate surface area is 105 Å². The summed E-state index contributed by atoms with van der Waals surface area (Å²) in [6.07, 6.45) is 2.56. The normalized spacial score (nSPS) is 14.3. The van der Waals surface area contributed by atoms with E-state index in [1.807, 2.05) is 6.92 Å². The van der Waals surface area contributed by atoms with Crippen LogP contribution in [0.5, 0.6) is 0 Å². The zero-order chi connectivity index (χ0) is 12.8. The van der Waals surface area contributed by atoms with Crippen molar-refractivity contribution in [2.45, 2.75) is 46.1 Å². The lowest BCUT2D eigenvalue weighted by Gasteiger charge is -2.13. The van der Waals surface area contributed by atoms with Crippen molar-refractivity contribution in [1.82, 2.24) is 9.36 Å². The Kier molecular flexibility index (Phi) is 5.34. The third-order valence-corrected chi connectivity index (χ3v) is 3.33. The number of hydrogen-bond donors (Lipinski definition) is 2. The third kappa shape index (κ3) is 5.12. The molecular formula is C11H19N3O2S. The summed E-state index contributed by atoms with van der Waals surface area (Å²) in [5.74, 6) is -0.194. The van der Waals surface area contributed by atoms with Gasteiger partial charge in [-0.05, 0) is 26.7 Å². The van der Waals surface area contributed by atoms with Gasteiger partial charge in [0.15, 0.2) is 0 Å². The number of carbonyl (C=O) groups is 1. The van der Waals surface area contributed by atoms with Gasteiger partial charge in [-0.15, -0.1) is 0 Å². The van der Waals surface area contributed by atoms with Crippen molar-refractivity contribution in [3.05, 3.63) is 5.82 Å². The predicted octanol–water partition coefficient (Wildman–Crippen LogP) is 2.54. The quantitative estimate of drug-likeness (QED) is 0.785. The number of aliphatic carboxylic acids is 1. The molecule has 0 fully saturated rings. The Morgan fingerprint density at radius 3 is 2.71 bits per heavy atom. The van der Waals surface area contributed by atoms with E-state index in [0.29, 0.717) is 6.04 Å². The van der Waals surface area contributed by atoms with Crippen molar-refractivity contribution in [2.75, 3.05) is 5.32 Å². The van der Waals surface area contributed by atoms with Gasteiger partial charge in [-0.25, -0.2) is 4.98 Å². The zero-order valence-corrected chi connectivity index (χ0v) is 11.3. The van der Waals surface area contributed by atoms with E-state index in [4.69, 9.17) is 5.11 Å². The Hall–Kier alpha value is -1.17.